The zero-order valence-corrected chi connectivity index (χ0v) is 14.6. The monoisotopic (exact) mass is 380 g/mol. The topological polar surface area (TPSA) is 58.1 Å². The van der Waals surface area contributed by atoms with E-state index in [0.717, 1.165) is 23.9 Å². The van der Waals surface area contributed by atoms with Crippen molar-refractivity contribution < 1.29 is 18.0 Å². The van der Waals surface area contributed by atoms with Crippen molar-refractivity contribution in [3.8, 4) is 0 Å². The minimum Gasteiger partial charge on any atom is -0.323 e. The van der Waals surface area contributed by atoms with Crippen LogP contribution in [0.15, 0.2) is 42.5 Å². The van der Waals surface area contributed by atoms with E-state index in [9.17, 15) is 18.0 Å². The van der Waals surface area contributed by atoms with E-state index in [2.05, 4.69) is 14.1 Å². The molecular weight excluding hydrogens is 365 g/mol. The van der Waals surface area contributed by atoms with Crippen LogP contribution in [-0.2, 0) is 17.5 Å². The molecule has 1 amide bonds. The van der Waals surface area contributed by atoms with Crippen LogP contribution in [0, 0.1) is 0 Å². The quantitative estimate of drug-likeness (QED) is 0.732. The van der Waals surface area contributed by atoms with Gasteiger partial charge in [-0.2, -0.15) is 21.9 Å². The predicted octanol–water partition coefficient (Wildman–Crippen LogP) is 3.78. The lowest BCUT2D eigenvalue weighted by molar-refractivity contribution is -0.137. The first-order valence-electron chi connectivity index (χ1n) is 7.69. The molecule has 0 radical (unpaired) electrons. The van der Waals surface area contributed by atoms with Crippen molar-refractivity contribution >= 4 is 34.4 Å². The van der Waals surface area contributed by atoms with Crippen molar-refractivity contribution in [2.75, 3.05) is 18.9 Å². The SMILES string of the molecule is CN(CC(=O)Nc1cccc2nsnc12)Cc1ccc(C(F)(F)F)cc1. The third kappa shape index (κ3) is 4.36. The number of aromatic nitrogens is 2. The molecule has 2 aromatic carbocycles. The Labute approximate surface area is 151 Å². The van der Waals surface area contributed by atoms with E-state index in [0.29, 0.717) is 28.8 Å². The standard InChI is InChI=1S/C17H15F3N4OS/c1-24(9-11-5-7-12(8-6-11)17(18,19)20)10-15(25)21-13-3-2-4-14-16(13)23-26-22-14/h2-8H,9-10H2,1H3,(H,21,25). The van der Waals surface area contributed by atoms with Crippen LogP contribution in [0.25, 0.3) is 11.0 Å². The van der Waals surface area contributed by atoms with Crippen LogP contribution in [0.4, 0.5) is 18.9 Å². The van der Waals surface area contributed by atoms with E-state index in [4.69, 9.17) is 0 Å². The number of hydrogen-bond donors (Lipinski definition) is 1. The first-order chi connectivity index (χ1) is 12.3. The number of rotatable bonds is 5. The maximum Gasteiger partial charge on any atom is 0.416 e. The van der Waals surface area contributed by atoms with E-state index in [1.54, 1.807) is 24.1 Å². The third-order valence-corrected chi connectivity index (χ3v) is 4.25. The van der Waals surface area contributed by atoms with Crippen LogP contribution in [0.5, 0.6) is 0 Å². The molecule has 0 aliphatic rings. The zero-order valence-electron chi connectivity index (χ0n) is 13.7. The van der Waals surface area contributed by atoms with E-state index < -0.39 is 11.7 Å². The molecule has 9 heteroatoms. The largest absolute Gasteiger partial charge is 0.416 e. The number of halogens is 3. The van der Waals surface area contributed by atoms with Gasteiger partial charge in [-0.25, -0.2) is 0 Å². The van der Waals surface area contributed by atoms with Gasteiger partial charge in [-0.15, -0.1) is 0 Å². The summed E-state index contributed by atoms with van der Waals surface area (Å²) in [5, 5.41) is 2.79. The van der Waals surface area contributed by atoms with E-state index in [1.807, 2.05) is 6.07 Å². The molecule has 0 bridgehead atoms. The van der Waals surface area contributed by atoms with Gasteiger partial charge in [0.25, 0.3) is 0 Å². The summed E-state index contributed by atoms with van der Waals surface area (Å²) >= 11 is 1.07. The van der Waals surface area contributed by atoms with Crippen LogP contribution < -0.4 is 5.32 Å². The molecule has 0 saturated heterocycles. The number of hydrogen-bond acceptors (Lipinski definition) is 5. The van der Waals surface area contributed by atoms with Gasteiger partial charge in [0.1, 0.15) is 11.0 Å². The van der Waals surface area contributed by atoms with Crippen LogP contribution in [0.2, 0.25) is 0 Å². The van der Waals surface area contributed by atoms with Crippen molar-refractivity contribution in [3.05, 3.63) is 53.6 Å². The molecule has 5 nitrogen and oxygen atoms in total. The van der Waals surface area contributed by atoms with Gasteiger partial charge in [0.05, 0.1) is 29.5 Å². The van der Waals surface area contributed by atoms with Gasteiger partial charge in [0, 0.05) is 6.54 Å². The van der Waals surface area contributed by atoms with Gasteiger partial charge in [-0.3, -0.25) is 9.69 Å². The highest BCUT2D eigenvalue weighted by atomic mass is 32.1. The Hall–Kier alpha value is -2.52. The van der Waals surface area contributed by atoms with Gasteiger partial charge in [-0.05, 0) is 36.9 Å². The molecule has 3 rings (SSSR count). The van der Waals surface area contributed by atoms with Crippen LogP contribution in [0.1, 0.15) is 11.1 Å². The first kappa shape index (κ1) is 18.3. The maximum absolute atomic E-state index is 12.6. The zero-order chi connectivity index (χ0) is 18.7. The summed E-state index contributed by atoms with van der Waals surface area (Å²) in [4.78, 5) is 13.9. The molecule has 0 atom stereocenters. The highest BCUT2D eigenvalue weighted by molar-refractivity contribution is 7.00. The van der Waals surface area contributed by atoms with E-state index in [-0.39, 0.29) is 12.5 Å². The Bertz CT molecular complexity index is 908. The van der Waals surface area contributed by atoms with E-state index in [1.165, 1.54) is 12.1 Å². The molecule has 0 saturated carbocycles. The number of carbonyl (C=O) groups is 1. The Morgan fingerprint density at radius 2 is 1.88 bits per heavy atom. The Balaban J connectivity index is 1.58. The number of nitrogens with zero attached hydrogens (tertiary/aromatic N) is 3. The maximum atomic E-state index is 12.6. The average Bonchev–Trinajstić information content (AvgIpc) is 3.04. The second-order valence-electron chi connectivity index (χ2n) is 5.85. The third-order valence-electron chi connectivity index (χ3n) is 3.71. The molecule has 0 spiro atoms. The summed E-state index contributed by atoms with van der Waals surface area (Å²) in [5.74, 6) is -0.236. The fourth-order valence-corrected chi connectivity index (χ4v) is 3.06. The molecule has 3 aromatic rings. The molecule has 0 fully saturated rings. The van der Waals surface area contributed by atoms with Crippen LogP contribution >= 0.6 is 11.7 Å². The molecule has 0 unspecified atom stereocenters. The molecule has 1 aromatic heterocycles. The number of alkyl halides is 3. The number of nitrogens with one attached hydrogen (secondary N) is 1. The fourth-order valence-electron chi connectivity index (χ4n) is 2.51. The Kier molecular flexibility index (Phi) is 5.19. The Morgan fingerprint density at radius 3 is 2.58 bits per heavy atom. The summed E-state index contributed by atoms with van der Waals surface area (Å²) < 4.78 is 46.0. The van der Waals surface area contributed by atoms with Crippen LogP contribution in [-0.4, -0.2) is 33.1 Å². The molecule has 136 valence electrons. The van der Waals surface area contributed by atoms with Crippen molar-refractivity contribution in [3.63, 3.8) is 0 Å². The fraction of sp³-hybridized carbons (Fsp3) is 0.235. The number of amides is 1. The molecule has 0 aliphatic heterocycles. The summed E-state index contributed by atoms with van der Waals surface area (Å²) in [7, 11) is 1.72. The second-order valence-corrected chi connectivity index (χ2v) is 6.38. The van der Waals surface area contributed by atoms with Crippen LogP contribution in [0.3, 0.4) is 0 Å². The number of anilines is 1. The molecule has 26 heavy (non-hydrogen) atoms. The van der Waals surface area contributed by atoms with Gasteiger partial charge in [-0.1, -0.05) is 18.2 Å². The summed E-state index contributed by atoms with van der Waals surface area (Å²) in [5.41, 5.74) is 1.94. The molecule has 0 aliphatic carbocycles. The lowest BCUT2D eigenvalue weighted by atomic mass is 10.1. The Morgan fingerprint density at radius 1 is 1.15 bits per heavy atom. The highest BCUT2D eigenvalue weighted by Crippen LogP contribution is 2.29. The number of benzene rings is 2. The number of fused-ring (bicyclic) bond motifs is 1. The lowest BCUT2D eigenvalue weighted by Crippen LogP contribution is -2.29. The minimum atomic E-state index is -4.35. The van der Waals surface area contributed by atoms with Gasteiger partial charge in [0.2, 0.25) is 5.91 Å². The van der Waals surface area contributed by atoms with E-state index >= 15 is 0 Å². The highest BCUT2D eigenvalue weighted by Gasteiger charge is 2.29. The predicted molar refractivity (Wildman–Crippen MR) is 93.8 cm³/mol. The molecular formula is C17H15F3N4OS. The number of carbonyl (C=O) groups excluding carboxylic acids is 1. The smallest absolute Gasteiger partial charge is 0.323 e. The van der Waals surface area contributed by atoms with Gasteiger partial charge >= 0.3 is 6.18 Å². The van der Waals surface area contributed by atoms with Gasteiger partial charge in [0.15, 0.2) is 0 Å². The van der Waals surface area contributed by atoms with Crippen molar-refractivity contribution in [2.24, 2.45) is 0 Å². The molecule has 1 heterocycles. The van der Waals surface area contributed by atoms with Crippen molar-refractivity contribution in [2.45, 2.75) is 12.7 Å². The second kappa shape index (κ2) is 7.38. The summed E-state index contributed by atoms with van der Waals surface area (Å²) in [6, 6.07) is 10.3. The average molecular weight is 380 g/mol. The minimum absolute atomic E-state index is 0.0922. The lowest BCUT2D eigenvalue weighted by Gasteiger charge is -2.17. The number of likely N-dealkylation sites (N-methyl/N-ethyl adjacent to an activating group) is 1. The van der Waals surface area contributed by atoms with Crippen molar-refractivity contribution in [1.82, 2.24) is 13.6 Å². The summed E-state index contributed by atoms with van der Waals surface area (Å²) in [6.45, 7) is 0.447. The normalized spacial score (nSPS) is 11.9. The summed E-state index contributed by atoms with van der Waals surface area (Å²) in [6.07, 6.45) is -4.35. The molecule has 1 N–H and O–H groups in total. The van der Waals surface area contributed by atoms with Crippen molar-refractivity contribution in [1.29, 1.82) is 0 Å². The first-order valence-corrected chi connectivity index (χ1v) is 8.42. The van der Waals surface area contributed by atoms with Gasteiger partial charge < -0.3 is 5.32 Å².